The second-order valence-corrected chi connectivity index (χ2v) is 6.44. The molecule has 7 heteroatoms. The topological polar surface area (TPSA) is 77.2 Å². The molecule has 0 aromatic carbocycles. The summed E-state index contributed by atoms with van der Waals surface area (Å²) in [6.45, 7) is 3.65. The van der Waals surface area contributed by atoms with Crippen molar-refractivity contribution < 1.29 is 4.79 Å². The largest absolute Gasteiger partial charge is 0.339 e. The van der Waals surface area contributed by atoms with Crippen molar-refractivity contribution in [3.8, 4) is 0 Å². The number of carbonyl (C=O) groups excluding carboxylic acids is 1. The van der Waals surface area contributed by atoms with Crippen LogP contribution in [0.4, 0.5) is 0 Å². The summed E-state index contributed by atoms with van der Waals surface area (Å²) < 4.78 is 2.35. The molecule has 0 aliphatic carbocycles. The number of fused-ring (bicyclic) bond motifs is 1. The lowest BCUT2D eigenvalue weighted by Gasteiger charge is -2.31. The van der Waals surface area contributed by atoms with Gasteiger partial charge in [-0.1, -0.05) is 13.3 Å². The molecule has 1 saturated heterocycles. The van der Waals surface area contributed by atoms with E-state index in [-0.39, 0.29) is 11.3 Å². The number of pyridine rings is 1. The van der Waals surface area contributed by atoms with Gasteiger partial charge in [-0.15, -0.1) is 0 Å². The summed E-state index contributed by atoms with van der Waals surface area (Å²) in [6.07, 6.45) is 4.62. The summed E-state index contributed by atoms with van der Waals surface area (Å²) in [4.78, 5) is 43.0. The SMILES string of the molecule is CCC1CCN(C(=O)c2cnc3c(c2)c(=O)n(C)c(=O)n3C)CC1. The summed E-state index contributed by atoms with van der Waals surface area (Å²) in [5.41, 5.74) is -0.168. The van der Waals surface area contributed by atoms with Crippen LogP contribution in [0, 0.1) is 5.92 Å². The maximum atomic E-state index is 12.7. The third-order valence-electron chi connectivity index (χ3n) is 5.02. The number of rotatable bonds is 2. The number of aryl methyl sites for hydroxylation is 1. The van der Waals surface area contributed by atoms with Crippen LogP contribution in [0.25, 0.3) is 11.0 Å². The van der Waals surface area contributed by atoms with Gasteiger partial charge in [-0.25, -0.2) is 9.78 Å². The van der Waals surface area contributed by atoms with Gasteiger partial charge in [-0.2, -0.15) is 0 Å². The smallest absolute Gasteiger partial charge is 0.332 e. The zero-order valence-electron chi connectivity index (χ0n) is 14.3. The molecule has 0 radical (unpaired) electrons. The Morgan fingerprint density at radius 1 is 1.21 bits per heavy atom. The first kappa shape index (κ1) is 16.4. The molecule has 0 bridgehead atoms. The number of likely N-dealkylation sites (tertiary alicyclic amines) is 1. The molecule has 24 heavy (non-hydrogen) atoms. The standard InChI is InChI=1S/C17H22N4O3/c1-4-11-5-7-21(8-6-11)15(22)12-9-13-14(18-10-12)19(2)17(24)20(3)16(13)23/h9-11H,4-8H2,1-3H3. The average Bonchev–Trinajstić information content (AvgIpc) is 2.63. The quantitative estimate of drug-likeness (QED) is 0.819. The van der Waals surface area contributed by atoms with Crippen molar-refractivity contribution >= 4 is 16.9 Å². The number of carbonyl (C=O) groups is 1. The molecule has 7 nitrogen and oxygen atoms in total. The predicted octanol–water partition coefficient (Wildman–Crippen LogP) is 0.894. The molecule has 2 aromatic rings. The summed E-state index contributed by atoms with van der Waals surface area (Å²) in [6, 6.07) is 1.55. The average molecular weight is 330 g/mol. The van der Waals surface area contributed by atoms with E-state index in [2.05, 4.69) is 11.9 Å². The van der Waals surface area contributed by atoms with Crippen LogP contribution in [-0.4, -0.2) is 38.0 Å². The Labute approximate surface area is 139 Å². The molecule has 2 aromatic heterocycles. The minimum absolute atomic E-state index is 0.102. The molecule has 0 saturated carbocycles. The third-order valence-corrected chi connectivity index (χ3v) is 5.02. The van der Waals surface area contributed by atoms with Gasteiger partial charge in [0.25, 0.3) is 11.5 Å². The first-order valence-corrected chi connectivity index (χ1v) is 8.29. The predicted molar refractivity (Wildman–Crippen MR) is 91.1 cm³/mol. The number of hydrogen-bond acceptors (Lipinski definition) is 4. The highest BCUT2D eigenvalue weighted by atomic mass is 16.2. The second kappa shape index (κ2) is 6.22. The van der Waals surface area contributed by atoms with Gasteiger partial charge in [0.1, 0.15) is 5.65 Å². The molecule has 128 valence electrons. The van der Waals surface area contributed by atoms with Crippen molar-refractivity contribution in [1.82, 2.24) is 19.0 Å². The Bertz CT molecular complexity index is 904. The lowest BCUT2D eigenvalue weighted by Crippen LogP contribution is -2.39. The van der Waals surface area contributed by atoms with Gasteiger partial charge in [0, 0.05) is 33.4 Å². The summed E-state index contributed by atoms with van der Waals surface area (Å²) in [5, 5.41) is 0.286. The molecule has 3 rings (SSSR count). The molecule has 0 spiro atoms. The molecule has 1 aliphatic rings. The van der Waals surface area contributed by atoms with Crippen LogP contribution in [0.3, 0.4) is 0 Å². The molecular weight excluding hydrogens is 308 g/mol. The number of aromatic nitrogens is 3. The molecule has 0 unspecified atom stereocenters. The highest BCUT2D eigenvalue weighted by molar-refractivity contribution is 5.96. The van der Waals surface area contributed by atoms with Crippen molar-refractivity contribution in [3.05, 3.63) is 38.7 Å². The fraction of sp³-hybridized carbons (Fsp3) is 0.529. The van der Waals surface area contributed by atoms with Gasteiger partial charge in [0.2, 0.25) is 0 Å². The number of amides is 1. The van der Waals surface area contributed by atoms with Crippen LogP contribution in [0.5, 0.6) is 0 Å². The molecule has 1 aliphatic heterocycles. The van der Waals surface area contributed by atoms with Crippen molar-refractivity contribution in [2.75, 3.05) is 13.1 Å². The fourth-order valence-corrected chi connectivity index (χ4v) is 3.31. The molecular formula is C17H22N4O3. The first-order valence-electron chi connectivity index (χ1n) is 8.29. The van der Waals surface area contributed by atoms with Crippen LogP contribution in [0.1, 0.15) is 36.5 Å². The Hall–Kier alpha value is -2.44. The zero-order chi connectivity index (χ0) is 17.4. The lowest BCUT2D eigenvalue weighted by molar-refractivity contribution is 0.0688. The molecule has 0 atom stereocenters. The van der Waals surface area contributed by atoms with E-state index < -0.39 is 11.2 Å². The van der Waals surface area contributed by atoms with Crippen LogP contribution in [0.15, 0.2) is 21.9 Å². The summed E-state index contributed by atoms with van der Waals surface area (Å²) in [7, 11) is 2.99. The zero-order valence-corrected chi connectivity index (χ0v) is 14.3. The number of hydrogen-bond donors (Lipinski definition) is 0. The van der Waals surface area contributed by atoms with Crippen LogP contribution in [-0.2, 0) is 14.1 Å². The van der Waals surface area contributed by atoms with Gasteiger partial charge >= 0.3 is 5.69 Å². The number of nitrogens with zero attached hydrogens (tertiary/aromatic N) is 4. The van der Waals surface area contributed by atoms with Gasteiger partial charge in [0.15, 0.2) is 0 Å². The Balaban J connectivity index is 1.98. The number of piperidine rings is 1. The first-order chi connectivity index (χ1) is 11.4. The van der Waals surface area contributed by atoms with Gasteiger partial charge < -0.3 is 4.90 Å². The highest BCUT2D eigenvalue weighted by Crippen LogP contribution is 2.21. The molecule has 0 N–H and O–H groups in total. The lowest BCUT2D eigenvalue weighted by atomic mass is 9.94. The van der Waals surface area contributed by atoms with Crippen molar-refractivity contribution in [1.29, 1.82) is 0 Å². The van der Waals surface area contributed by atoms with Gasteiger partial charge in [-0.05, 0) is 24.8 Å². The summed E-state index contributed by atoms with van der Waals surface area (Å²) >= 11 is 0. The van der Waals surface area contributed by atoms with E-state index in [1.54, 1.807) is 13.1 Å². The fourth-order valence-electron chi connectivity index (χ4n) is 3.31. The van der Waals surface area contributed by atoms with Crippen molar-refractivity contribution in [2.45, 2.75) is 26.2 Å². The van der Waals surface area contributed by atoms with Crippen molar-refractivity contribution in [3.63, 3.8) is 0 Å². The van der Waals surface area contributed by atoms with E-state index >= 15 is 0 Å². The Kier molecular flexibility index (Phi) is 4.26. The van der Waals surface area contributed by atoms with E-state index in [1.165, 1.54) is 17.8 Å². The van der Waals surface area contributed by atoms with Crippen LogP contribution in [0.2, 0.25) is 0 Å². The van der Waals surface area contributed by atoms with E-state index in [4.69, 9.17) is 0 Å². The maximum absolute atomic E-state index is 12.7. The minimum Gasteiger partial charge on any atom is -0.339 e. The summed E-state index contributed by atoms with van der Waals surface area (Å²) in [5.74, 6) is 0.584. The van der Waals surface area contributed by atoms with Gasteiger partial charge in [-0.3, -0.25) is 18.7 Å². The second-order valence-electron chi connectivity index (χ2n) is 6.44. The molecule has 1 fully saturated rings. The maximum Gasteiger partial charge on any atom is 0.332 e. The van der Waals surface area contributed by atoms with E-state index in [0.29, 0.717) is 17.1 Å². The van der Waals surface area contributed by atoms with E-state index in [9.17, 15) is 14.4 Å². The normalized spacial score (nSPS) is 15.9. The van der Waals surface area contributed by atoms with E-state index in [1.807, 2.05) is 4.90 Å². The van der Waals surface area contributed by atoms with Crippen LogP contribution >= 0.6 is 0 Å². The van der Waals surface area contributed by atoms with Crippen LogP contribution < -0.4 is 11.2 Å². The van der Waals surface area contributed by atoms with Crippen molar-refractivity contribution in [2.24, 2.45) is 20.0 Å². The molecule has 1 amide bonds. The molecule has 3 heterocycles. The van der Waals surface area contributed by atoms with E-state index in [0.717, 1.165) is 36.9 Å². The minimum atomic E-state index is -0.431. The monoisotopic (exact) mass is 330 g/mol. The Morgan fingerprint density at radius 2 is 1.88 bits per heavy atom. The Morgan fingerprint density at radius 3 is 2.50 bits per heavy atom. The third kappa shape index (κ3) is 2.64. The van der Waals surface area contributed by atoms with Gasteiger partial charge in [0.05, 0.1) is 10.9 Å². The highest BCUT2D eigenvalue weighted by Gasteiger charge is 2.23.